The quantitative estimate of drug-likeness (QED) is 0.618. The molecule has 0 spiro atoms. The third-order valence-electron chi connectivity index (χ3n) is 6.00. The van der Waals surface area contributed by atoms with Gasteiger partial charge in [-0.25, -0.2) is 4.98 Å². The number of benzene rings is 2. The Morgan fingerprint density at radius 2 is 1.93 bits per heavy atom. The fourth-order valence-electron chi connectivity index (χ4n) is 4.29. The van der Waals surface area contributed by atoms with Gasteiger partial charge in [-0.2, -0.15) is 13.2 Å². The van der Waals surface area contributed by atoms with E-state index in [0.717, 1.165) is 67.8 Å². The van der Waals surface area contributed by atoms with Crippen molar-refractivity contribution in [2.75, 3.05) is 33.2 Å². The lowest BCUT2D eigenvalue weighted by Gasteiger charge is -2.32. The second-order valence-corrected chi connectivity index (χ2v) is 8.12. The van der Waals surface area contributed by atoms with E-state index >= 15 is 0 Å². The minimum absolute atomic E-state index is 0.444. The van der Waals surface area contributed by atoms with Crippen molar-refractivity contribution < 1.29 is 13.2 Å². The normalized spacial score (nSPS) is 16.4. The molecule has 0 radical (unpaired) electrons. The number of halogens is 3. The number of H-pyrrole nitrogens is 1. The zero-order valence-electron chi connectivity index (χ0n) is 17.3. The maximum absolute atomic E-state index is 13.1. The number of aryl methyl sites for hydroxylation is 1. The molecule has 0 saturated carbocycles. The average Bonchev–Trinajstić information content (AvgIpc) is 3.17. The van der Waals surface area contributed by atoms with Crippen molar-refractivity contribution in [3.8, 4) is 11.4 Å². The van der Waals surface area contributed by atoms with Gasteiger partial charge >= 0.3 is 6.18 Å². The van der Waals surface area contributed by atoms with E-state index in [4.69, 9.17) is 0 Å². The summed E-state index contributed by atoms with van der Waals surface area (Å²) >= 11 is 0. The van der Waals surface area contributed by atoms with Crippen LogP contribution in [0, 0.1) is 6.92 Å². The Labute approximate surface area is 174 Å². The van der Waals surface area contributed by atoms with Crippen molar-refractivity contribution in [3.05, 3.63) is 53.1 Å². The number of nitrogens with one attached hydrogen (secondary N) is 2. The van der Waals surface area contributed by atoms with Gasteiger partial charge in [-0.3, -0.25) is 0 Å². The molecule has 2 heterocycles. The van der Waals surface area contributed by atoms with Gasteiger partial charge in [0.15, 0.2) is 0 Å². The molecule has 3 aromatic rings. The molecule has 0 bridgehead atoms. The first kappa shape index (κ1) is 20.9. The van der Waals surface area contributed by atoms with Gasteiger partial charge in [0.1, 0.15) is 5.82 Å². The van der Waals surface area contributed by atoms with Crippen LogP contribution in [-0.4, -0.2) is 48.1 Å². The lowest BCUT2D eigenvalue weighted by Crippen LogP contribution is -2.37. The molecule has 1 aromatic heterocycles. The highest BCUT2D eigenvalue weighted by Gasteiger charge is 2.30. The predicted octanol–water partition coefficient (Wildman–Crippen LogP) is 4.96. The van der Waals surface area contributed by atoms with Crippen LogP contribution >= 0.6 is 0 Å². The van der Waals surface area contributed by atoms with Crippen LogP contribution in [0.4, 0.5) is 13.2 Å². The molecule has 4 rings (SSSR count). The second kappa shape index (κ2) is 8.40. The molecule has 160 valence electrons. The lowest BCUT2D eigenvalue weighted by molar-refractivity contribution is -0.137. The fourth-order valence-corrected chi connectivity index (χ4v) is 4.29. The summed E-state index contributed by atoms with van der Waals surface area (Å²) in [6, 6.07) is 9.62. The molecule has 1 aliphatic heterocycles. The van der Waals surface area contributed by atoms with E-state index in [2.05, 4.69) is 32.3 Å². The van der Waals surface area contributed by atoms with Crippen LogP contribution < -0.4 is 5.32 Å². The molecule has 2 aromatic carbocycles. The van der Waals surface area contributed by atoms with Crippen molar-refractivity contribution in [2.45, 2.75) is 31.9 Å². The summed E-state index contributed by atoms with van der Waals surface area (Å²) in [6.07, 6.45) is -2.14. The summed E-state index contributed by atoms with van der Waals surface area (Å²) in [5.41, 5.74) is 3.82. The first-order chi connectivity index (χ1) is 14.3. The van der Waals surface area contributed by atoms with Crippen LogP contribution in [0.1, 0.15) is 35.4 Å². The monoisotopic (exact) mass is 416 g/mol. The van der Waals surface area contributed by atoms with Gasteiger partial charge in [0.25, 0.3) is 0 Å². The molecule has 0 aliphatic carbocycles. The molecule has 1 fully saturated rings. The molecular weight excluding hydrogens is 389 g/mol. The highest BCUT2D eigenvalue weighted by atomic mass is 19.4. The molecule has 4 nitrogen and oxygen atoms in total. The van der Waals surface area contributed by atoms with Crippen molar-refractivity contribution in [1.82, 2.24) is 20.2 Å². The summed E-state index contributed by atoms with van der Waals surface area (Å²) < 4.78 is 39.2. The number of hydrogen-bond acceptors (Lipinski definition) is 3. The number of hydrogen-bond donors (Lipinski definition) is 2. The van der Waals surface area contributed by atoms with Crippen LogP contribution in [0.5, 0.6) is 0 Å². The van der Waals surface area contributed by atoms with Gasteiger partial charge in [0.05, 0.1) is 16.6 Å². The van der Waals surface area contributed by atoms with Gasteiger partial charge in [-0.1, -0.05) is 18.2 Å². The molecule has 1 aliphatic rings. The maximum atomic E-state index is 13.1. The van der Waals surface area contributed by atoms with Crippen LogP contribution in [-0.2, 0) is 6.18 Å². The number of fused-ring (bicyclic) bond motifs is 1. The van der Waals surface area contributed by atoms with Crippen molar-refractivity contribution in [3.63, 3.8) is 0 Å². The SMILES string of the molecule is CNCCN1CCC(c2cc(C)c3nc(-c4cccc(C(F)(F)F)c4)[nH]c3c2)CC1. The summed E-state index contributed by atoms with van der Waals surface area (Å²) in [7, 11) is 1.97. The number of likely N-dealkylation sites (N-methyl/N-ethyl adjacent to an activating group) is 1. The van der Waals surface area contributed by atoms with Gasteiger partial charge < -0.3 is 15.2 Å². The number of nitrogens with zero attached hydrogens (tertiary/aromatic N) is 2. The average molecular weight is 416 g/mol. The number of rotatable bonds is 5. The van der Waals surface area contributed by atoms with Gasteiger partial charge in [0, 0.05) is 18.7 Å². The highest BCUT2D eigenvalue weighted by Crippen LogP contribution is 2.34. The first-order valence-electron chi connectivity index (χ1n) is 10.4. The van der Waals surface area contributed by atoms with Crippen LogP contribution in [0.2, 0.25) is 0 Å². The number of piperidine rings is 1. The minimum Gasteiger partial charge on any atom is -0.338 e. The standard InChI is InChI=1S/C23H27F3N4/c1-15-12-18(16-6-9-30(10-7-16)11-8-27-2)14-20-21(15)29-22(28-20)17-4-3-5-19(13-17)23(24,25)26/h3-5,12-14,16,27H,6-11H2,1-2H3,(H,28,29). The topological polar surface area (TPSA) is 44.0 Å². The smallest absolute Gasteiger partial charge is 0.338 e. The van der Waals surface area contributed by atoms with Crippen molar-refractivity contribution in [2.24, 2.45) is 0 Å². The highest BCUT2D eigenvalue weighted by molar-refractivity contribution is 5.83. The van der Waals surface area contributed by atoms with Crippen molar-refractivity contribution in [1.29, 1.82) is 0 Å². The van der Waals surface area contributed by atoms with E-state index in [1.54, 1.807) is 6.07 Å². The Morgan fingerprint density at radius 1 is 1.17 bits per heavy atom. The fraction of sp³-hybridized carbons (Fsp3) is 0.435. The first-order valence-corrected chi connectivity index (χ1v) is 10.4. The van der Waals surface area contributed by atoms with E-state index in [9.17, 15) is 13.2 Å². The lowest BCUT2D eigenvalue weighted by atomic mass is 9.88. The van der Waals surface area contributed by atoms with Crippen LogP contribution in [0.3, 0.4) is 0 Å². The maximum Gasteiger partial charge on any atom is 0.416 e. The minimum atomic E-state index is -4.37. The van der Waals surface area contributed by atoms with E-state index < -0.39 is 11.7 Å². The zero-order chi connectivity index (χ0) is 21.3. The van der Waals surface area contributed by atoms with E-state index in [1.807, 2.05) is 14.0 Å². The summed E-state index contributed by atoms with van der Waals surface area (Å²) in [6.45, 7) is 6.26. The molecule has 0 amide bonds. The molecular formula is C23H27F3N4. The number of likely N-dealkylation sites (tertiary alicyclic amines) is 1. The third kappa shape index (κ3) is 4.37. The Balaban J connectivity index is 1.58. The Morgan fingerprint density at radius 3 is 2.63 bits per heavy atom. The number of alkyl halides is 3. The Kier molecular flexibility index (Phi) is 5.84. The second-order valence-electron chi connectivity index (χ2n) is 8.12. The Bertz CT molecular complexity index is 1020. The summed E-state index contributed by atoms with van der Waals surface area (Å²) in [5.74, 6) is 0.970. The van der Waals surface area contributed by atoms with Gasteiger partial charge in [-0.05, 0) is 75.1 Å². The van der Waals surface area contributed by atoms with Gasteiger partial charge in [0.2, 0.25) is 0 Å². The molecule has 0 unspecified atom stereocenters. The summed E-state index contributed by atoms with van der Waals surface area (Å²) in [5, 5.41) is 3.20. The molecule has 2 N–H and O–H groups in total. The van der Waals surface area contributed by atoms with Crippen LogP contribution in [0.25, 0.3) is 22.4 Å². The largest absolute Gasteiger partial charge is 0.416 e. The van der Waals surface area contributed by atoms with Crippen LogP contribution in [0.15, 0.2) is 36.4 Å². The molecule has 0 atom stereocenters. The number of aromatic amines is 1. The predicted molar refractivity (Wildman–Crippen MR) is 114 cm³/mol. The van der Waals surface area contributed by atoms with E-state index in [0.29, 0.717) is 17.3 Å². The summed E-state index contributed by atoms with van der Waals surface area (Å²) in [4.78, 5) is 10.3. The Hall–Kier alpha value is -2.38. The third-order valence-corrected chi connectivity index (χ3v) is 6.00. The van der Waals surface area contributed by atoms with E-state index in [1.165, 1.54) is 11.6 Å². The van der Waals surface area contributed by atoms with Gasteiger partial charge in [-0.15, -0.1) is 0 Å². The number of imidazole rings is 1. The number of aromatic nitrogens is 2. The van der Waals surface area contributed by atoms with Crippen molar-refractivity contribution >= 4 is 11.0 Å². The molecule has 30 heavy (non-hydrogen) atoms. The van der Waals surface area contributed by atoms with E-state index in [-0.39, 0.29) is 0 Å². The molecule has 1 saturated heterocycles. The zero-order valence-corrected chi connectivity index (χ0v) is 17.3. The molecule has 7 heteroatoms.